The lowest BCUT2D eigenvalue weighted by atomic mass is 10.1. The van der Waals surface area contributed by atoms with Crippen molar-refractivity contribution in [3.05, 3.63) is 36.7 Å². The van der Waals surface area contributed by atoms with E-state index in [0.717, 1.165) is 16.5 Å². The number of hydrogen-bond donors (Lipinski definition) is 0. The summed E-state index contributed by atoms with van der Waals surface area (Å²) in [5.41, 5.74) is 0. The molecule has 0 bridgehead atoms. The Kier molecular flexibility index (Phi) is 2.72. The molecular formula is C12H14NO2+. The highest BCUT2D eigenvalue weighted by Gasteiger charge is 2.06. The maximum Gasteiger partial charge on any atom is 0.230 e. The molecule has 1 heterocycles. The van der Waals surface area contributed by atoms with Crippen LogP contribution in [0, 0.1) is 0 Å². The summed E-state index contributed by atoms with van der Waals surface area (Å²) in [5, 5.41) is 2.20. The molecular weight excluding hydrogens is 190 g/mol. The highest BCUT2D eigenvalue weighted by Crippen LogP contribution is 2.23. The van der Waals surface area contributed by atoms with E-state index in [9.17, 15) is 0 Å². The van der Waals surface area contributed by atoms with Crippen molar-refractivity contribution in [1.82, 2.24) is 0 Å². The number of methoxy groups -OCH3 is 1. The third-order valence-electron chi connectivity index (χ3n) is 2.25. The fraction of sp³-hybridized carbons (Fsp3) is 0.250. The second-order valence-electron chi connectivity index (χ2n) is 3.19. The monoisotopic (exact) mass is 204 g/mol. The van der Waals surface area contributed by atoms with Crippen LogP contribution in [0.1, 0.15) is 6.92 Å². The molecule has 0 N–H and O–H groups in total. The summed E-state index contributed by atoms with van der Waals surface area (Å²) < 4.78 is 6.99. The molecule has 0 unspecified atom stereocenters. The van der Waals surface area contributed by atoms with Gasteiger partial charge in [0.15, 0.2) is 6.61 Å². The van der Waals surface area contributed by atoms with E-state index in [4.69, 9.17) is 9.57 Å². The SMILES string of the molecule is CCO[n+]1ccc2c(OC)cccc2c1. The van der Waals surface area contributed by atoms with Crippen molar-refractivity contribution in [2.75, 3.05) is 13.7 Å². The van der Waals surface area contributed by atoms with Gasteiger partial charge in [-0.1, -0.05) is 6.07 Å². The predicted octanol–water partition coefficient (Wildman–Crippen LogP) is 1.58. The summed E-state index contributed by atoms with van der Waals surface area (Å²) in [5.74, 6) is 0.885. The van der Waals surface area contributed by atoms with Gasteiger partial charge < -0.3 is 4.74 Å². The Morgan fingerprint density at radius 1 is 1.27 bits per heavy atom. The van der Waals surface area contributed by atoms with Gasteiger partial charge >= 0.3 is 0 Å². The number of pyridine rings is 1. The third-order valence-corrected chi connectivity index (χ3v) is 2.25. The number of benzene rings is 1. The molecule has 0 radical (unpaired) electrons. The van der Waals surface area contributed by atoms with Crippen molar-refractivity contribution < 1.29 is 14.3 Å². The van der Waals surface area contributed by atoms with Crippen LogP contribution in [0.25, 0.3) is 10.8 Å². The number of fused-ring (bicyclic) bond motifs is 1. The van der Waals surface area contributed by atoms with Crippen LogP contribution in [0.4, 0.5) is 0 Å². The molecule has 2 rings (SSSR count). The van der Waals surface area contributed by atoms with Crippen molar-refractivity contribution >= 4 is 10.8 Å². The van der Waals surface area contributed by atoms with Crippen LogP contribution in [-0.2, 0) is 0 Å². The molecule has 2 aromatic rings. The van der Waals surface area contributed by atoms with Gasteiger partial charge in [0.2, 0.25) is 12.4 Å². The number of aromatic nitrogens is 1. The minimum atomic E-state index is 0.653. The summed E-state index contributed by atoms with van der Waals surface area (Å²) in [6.45, 7) is 2.61. The van der Waals surface area contributed by atoms with E-state index in [1.165, 1.54) is 0 Å². The molecule has 0 fully saturated rings. The number of hydrogen-bond acceptors (Lipinski definition) is 2. The number of rotatable bonds is 3. The Hall–Kier alpha value is -1.77. The van der Waals surface area contributed by atoms with Crippen molar-refractivity contribution in [1.29, 1.82) is 0 Å². The second kappa shape index (κ2) is 4.17. The van der Waals surface area contributed by atoms with Crippen LogP contribution in [0.2, 0.25) is 0 Å². The van der Waals surface area contributed by atoms with Crippen LogP contribution in [-0.4, -0.2) is 13.7 Å². The first-order valence-corrected chi connectivity index (χ1v) is 4.96. The molecule has 0 amide bonds. The number of nitrogens with zero attached hydrogens (tertiary/aromatic N) is 1. The molecule has 3 heteroatoms. The van der Waals surface area contributed by atoms with E-state index < -0.39 is 0 Å². The molecule has 0 spiro atoms. The largest absolute Gasteiger partial charge is 0.496 e. The fourth-order valence-corrected chi connectivity index (χ4v) is 1.59. The molecule has 78 valence electrons. The minimum Gasteiger partial charge on any atom is -0.496 e. The lowest BCUT2D eigenvalue weighted by Gasteiger charge is -2.03. The maximum absolute atomic E-state index is 5.36. The first-order valence-electron chi connectivity index (χ1n) is 4.96. The fourth-order valence-electron chi connectivity index (χ4n) is 1.59. The predicted molar refractivity (Wildman–Crippen MR) is 57.8 cm³/mol. The summed E-state index contributed by atoms with van der Waals surface area (Å²) in [6, 6.07) is 7.95. The summed E-state index contributed by atoms with van der Waals surface area (Å²) >= 11 is 0. The van der Waals surface area contributed by atoms with Crippen LogP contribution < -0.4 is 14.3 Å². The lowest BCUT2D eigenvalue weighted by molar-refractivity contribution is -0.890. The zero-order valence-electron chi connectivity index (χ0n) is 8.93. The van der Waals surface area contributed by atoms with Gasteiger partial charge in [-0.15, -0.1) is 0 Å². The molecule has 0 aliphatic heterocycles. The highest BCUT2D eigenvalue weighted by molar-refractivity contribution is 5.86. The van der Waals surface area contributed by atoms with Crippen LogP contribution in [0.3, 0.4) is 0 Å². The Balaban J connectivity index is 2.53. The average Bonchev–Trinajstić information content (AvgIpc) is 2.28. The van der Waals surface area contributed by atoms with Gasteiger partial charge in [0.25, 0.3) is 0 Å². The maximum atomic E-state index is 5.36. The first kappa shape index (κ1) is 9.77. The van der Waals surface area contributed by atoms with E-state index in [-0.39, 0.29) is 0 Å². The third kappa shape index (κ3) is 1.86. The smallest absolute Gasteiger partial charge is 0.230 e. The molecule has 1 aromatic heterocycles. The van der Waals surface area contributed by atoms with Crippen molar-refractivity contribution in [2.24, 2.45) is 0 Å². The van der Waals surface area contributed by atoms with E-state index in [1.54, 1.807) is 11.8 Å². The zero-order valence-corrected chi connectivity index (χ0v) is 8.93. The summed E-state index contributed by atoms with van der Waals surface area (Å²) in [7, 11) is 1.68. The molecule has 1 aromatic carbocycles. The standard InChI is InChI=1S/C12H14NO2/c1-3-15-13-8-7-11-10(9-13)5-4-6-12(11)14-2/h4-9H,3H2,1-2H3/q+1. The van der Waals surface area contributed by atoms with Crippen LogP contribution >= 0.6 is 0 Å². The molecule has 3 nitrogen and oxygen atoms in total. The van der Waals surface area contributed by atoms with E-state index in [0.29, 0.717) is 6.61 Å². The molecule has 0 saturated carbocycles. The second-order valence-corrected chi connectivity index (χ2v) is 3.19. The highest BCUT2D eigenvalue weighted by atomic mass is 16.7. The van der Waals surface area contributed by atoms with Gasteiger partial charge in [0.1, 0.15) is 5.75 Å². The van der Waals surface area contributed by atoms with Gasteiger partial charge in [0.05, 0.1) is 12.5 Å². The Bertz CT molecular complexity index is 468. The molecule has 0 atom stereocenters. The Labute approximate surface area is 88.8 Å². The minimum absolute atomic E-state index is 0.653. The zero-order chi connectivity index (χ0) is 10.7. The Morgan fingerprint density at radius 3 is 2.87 bits per heavy atom. The summed E-state index contributed by atoms with van der Waals surface area (Å²) in [4.78, 5) is 5.36. The molecule has 0 aliphatic rings. The van der Waals surface area contributed by atoms with Crippen molar-refractivity contribution in [2.45, 2.75) is 6.92 Å². The Morgan fingerprint density at radius 2 is 2.13 bits per heavy atom. The van der Waals surface area contributed by atoms with Gasteiger partial charge in [-0.05, 0) is 19.1 Å². The molecule has 15 heavy (non-hydrogen) atoms. The van der Waals surface area contributed by atoms with Gasteiger partial charge in [-0.3, -0.25) is 4.84 Å². The van der Waals surface area contributed by atoms with Crippen LogP contribution in [0.15, 0.2) is 36.7 Å². The first-order chi connectivity index (χ1) is 7.35. The molecule has 0 saturated heterocycles. The van der Waals surface area contributed by atoms with E-state index in [1.807, 2.05) is 43.6 Å². The van der Waals surface area contributed by atoms with Crippen LogP contribution in [0.5, 0.6) is 5.75 Å². The van der Waals surface area contributed by atoms with Gasteiger partial charge in [0, 0.05) is 16.2 Å². The summed E-state index contributed by atoms with van der Waals surface area (Å²) in [6.07, 6.45) is 3.83. The van der Waals surface area contributed by atoms with E-state index >= 15 is 0 Å². The average molecular weight is 204 g/mol. The lowest BCUT2D eigenvalue weighted by Crippen LogP contribution is -2.41. The molecule has 0 aliphatic carbocycles. The van der Waals surface area contributed by atoms with Crippen molar-refractivity contribution in [3.63, 3.8) is 0 Å². The van der Waals surface area contributed by atoms with Gasteiger partial charge in [-0.25, -0.2) is 0 Å². The quantitative estimate of drug-likeness (QED) is 0.708. The van der Waals surface area contributed by atoms with Gasteiger partial charge in [-0.2, -0.15) is 0 Å². The van der Waals surface area contributed by atoms with Crippen molar-refractivity contribution in [3.8, 4) is 5.75 Å². The number of ether oxygens (including phenoxy) is 1. The van der Waals surface area contributed by atoms with E-state index in [2.05, 4.69) is 0 Å². The topological polar surface area (TPSA) is 22.3 Å². The normalized spacial score (nSPS) is 10.3.